The van der Waals surface area contributed by atoms with E-state index in [-0.39, 0.29) is 11.4 Å². The summed E-state index contributed by atoms with van der Waals surface area (Å²) >= 11 is 0. The van der Waals surface area contributed by atoms with Gasteiger partial charge >= 0.3 is 0 Å². The minimum absolute atomic E-state index is 0.0302. The molecule has 0 radical (unpaired) electrons. The van der Waals surface area contributed by atoms with Gasteiger partial charge in [-0.15, -0.1) is 0 Å². The maximum Gasteiger partial charge on any atom is 0.271 e. The second-order valence-electron chi connectivity index (χ2n) is 9.96. The van der Waals surface area contributed by atoms with Gasteiger partial charge in [-0.05, 0) is 87.5 Å². The van der Waals surface area contributed by atoms with E-state index in [1.165, 1.54) is 50.7 Å². The Kier molecular flexibility index (Phi) is 3.54. The average Bonchev–Trinajstić information content (AvgIpc) is 2.87. The van der Waals surface area contributed by atoms with Crippen molar-refractivity contribution in [2.45, 2.75) is 57.0 Å². The second kappa shape index (κ2) is 5.82. The van der Waals surface area contributed by atoms with Crippen LogP contribution in [-0.4, -0.2) is 32.9 Å². The first-order chi connectivity index (χ1) is 13.5. The first-order valence-electron chi connectivity index (χ1n) is 10.8. The fourth-order valence-electron chi connectivity index (χ4n) is 7.30. The van der Waals surface area contributed by atoms with Crippen molar-refractivity contribution in [2.75, 3.05) is 13.1 Å². The molecule has 0 spiro atoms. The van der Waals surface area contributed by atoms with Crippen LogP contribution >= 0.6 is 0 Å². The molecule has 1 saturated heterocycles. The van der Waals surface area contributed by atoms with E-state index in [4.69, 9.17) is 0 Å². The van der Waals surface area contributed by atoms with Gasteiger partial charge in [-0.3, -0.25) is 14.4 Å². The highest BCUT2D eigenvalue weighted by molar-refractivity contribution is 5.32. The topological polar surface area (TPSA) is 30.2 Å². The van der Waals surface area contributed by atoms with E-state index in [9.17, 15) is 9.18 Å². The van der Waals surface area contributed by atoms with Crippen molar-refractivity contribution in [3.63, 3.8) is 0 Å². The smallest absolute Gasteiger partial charge is 0.271 e. The highest BCUT2D eigenvalue weighted by Gasteiger charge is 2.56. The minimum atomic E-state index is -0.275. The predicted octanol–water partition coefficient (Wildman–Crippen LogP) is 3.91. The van der Waals surface area contributed by atoms with E-state index in [0.717, 1.165) is 42.2 Å². The van der Waals surface area contributed by atoms with Gasteiger partial charge < -0.3 is 0 Å². The first-order valence-corrected chi connectivity index (χ1v) is 10.8. The van der Waals surface area contributed by atoms with Crippen LogP contribution in [0.2, 0.25) is 0 Å². The third kappa shape index (κ3) is 2.41. The summed E-state index contributed by atoms with van der Waals surface area (Å²) in [5, 5.41) is 0. The summed E-state index contributed by atoms with van der Waals surface area (Å²) in [4.78, 5) is 15.4. The third-order valence-electron chi connectivity index (χ3n) is 8.07. The average molecular weight is 381 g/mol. The lowest BCUT2D eigenvalue weighted by Gasteiger charge is -2.64. The predicted molar refractivity (Wildman–Crippen MR) is 106 cm³/mol. The number of benzene rings is 1. The van der Waals surface area contributed by atoms with Crippen molar-refractivity contribution in [2.24, 2.45) is 17.8 Å². The van der Waals surface area contributed by atoms with Gasteiger partial charge in [0, 0.05) is 30.4 Å². The van der Waals surface area contributed by atoms with Crippen molar-refractivity contribution in [3.8, 4) is 5.69 Å². The van der Waals surface area contributed by atoms with Crippen LogP contribution < -0.4 is 5.56 Å². The highest BCUT2D eigenvalue weighted by Crippen LogP contribution is 2.59. The van der Waals surface area contributed by atoms with E-state index in [0.29, 0.717) is 11.6 Å². The van der Waals surface area contributed by atoms with Gasteiger partial charge in [-0.25, -0.2) is 9.07 Å². The molecular weight excluding hydrogens is 353 g/mol. The minimum Gasteiger partial charge on any atom is -0.293 e. The van der Waals surface area contributed by atoms with Gasteiger partial charge in [0.25, 0.3) is 5.56 Å². The summed E-state index contributed by atoms with van der Waals surface area (Å²) in [6, 6.07) is 8.27. The molecule has 7 rings (SSSR count). The maximum atomic E-state index is 13.4. The van der Waals surface area contributed by atoms with Crippen LogP contribution in [0.5, 0.6) is 0 Å². The molecular formula is C23H28FN3O. The molecule has 1 aliphatic heterocycles. The Bertz CT molecular complexity index is 931. The summed E-state index contributed by atoms with van der Waals surface area (Å²) in [5.74, 6) is 2.59. The standard InChI is InChI=1S/C23H28FN3O/c1-15-6-22(28)27(20-4-2-19(24)3-5-20)26(15)21-13-25(14-21)23-10-16-7-17(11-23)9-18(8-16)12-23/h2-6,16-18,21H,7-14H2,1H3. The number of aryl methyl sites for hydroxylation is 1. The number of hydrogen-bond donors (Lipinski definition) is 0. The summed E-state index contributed by atoms with van der Waals surface area (Å²) in [5.41, 5.74) is 2.14. The Morgan fingerprint density at radius 2 is 1.54 bits per heavy atom. The number of hydrogen-bond acceptors (Lipinski definition) is 2. The Morgan fingerprint density at radius 3 is 2.11 bits per heavy atom. The van der Waals surface area contributed by atoms with Crippen LogP contribution in [0.25, 0.3) is 5.69 Å². The zero-order chi connectivity index (χ0) is 19.0. The summed E-state index contributed by atoms with van der Waals surface area (Å²) in [6.45, 7) is 4.07. The van der Waals surface area contributed by atoms with Gasteiger partial charge in [0.1, 0.15) is 5.82 Å². The van der Waals surface area contributed by atoms with Gasteiger partial charge in [-0.2, -0.15) is 0 Å². The van der Waals surface area contributed by atoms with Crippen LogP contribution in [-0.2, 0) is 0 Å². The van der Waals surface area contributed by atoms with Crippen molar-refractivity contribution >= 4 is 0 Å². The molecule has 1 aromatic heterocycles. The molecule has 148 valence electrons. The molecule has 5 fully saturated rings. The van der Waals surface area contributed by atoms with E-state index >= 15 is 0 Å². The lowest BCUT2D eigenvalue weighted by molar-refractivity contribution is -0.127. The number of rotatable bonds is 3. The van der Waals surface area contributed by atoms with E-state index in [1.807, 2.05) is 6.92 Å². The Labute approximate surface area is 164 Å². The molecule has 4 bridgehead atoms. The number of nitrogens with zero attached hydrogens (tertiary/aromatic N) is 3. The van der Waals surface area contributed by atoms with Crippen molar-refractivity contribution in [3.05, 3.63) is 52.2 Å². The number of aromatic nitrogens is 2. The van der Waals surface area contributed by atoms with Crippen molar-refractivity contribution < 1.29 is 4.39 Å². The van der Waals surface area contributed by atoms with Crippen molar-refractivity contribution in [1.82, 2.24) is 14.3 Å². The Morgan fingerprint density at radius 1 is 0.964 bits per heavy atom. The maximum absolute atomic E-state index is 13.4. The van der Waals surface area contributed by atoms with Gasteiger partial charge in [0.05, 0.1) is 11.7 Å². The number of halogens is 1. The quantitative estimate of drug-likeness (QED) is 0.807. The number of likely N-dealkylation sites (tertiary alicyclic amines) is 1. The van der Waals surface area contributed by atoms with Crippen LogP contribution in [0, 0.1) is 30.5 Å². The molecule has 2 aromatic rings. The van der Waals surface area contributed by atoms with Gasteiger partial charge in [0.15, 0.2) is 0 Å². The van der Waals surface area contributed by atoms with E-state index in [1.54, 1.807) is 22.9 Å². The lowest BCUT2D eigenvalue weighted by atomic mass is 9.52. The molecule has 28 heavy (non-hydrogen) atoms. The molecule has 4 aliphatic carbocycles. The molecule has 5 heteroatoms. The van der Waals surface area contributed by atoms with E-state index in [2.05, 4.69) is 9.58 Å². The molecule has 0 amide bonds. The van der Waals surface area contributed by atoms with Gasteiger partial charge in [-0.1, -0.05) is 0 Å². The van der Waals surface area contributed by atoms with Crippen LogP contribution in [0.1, 0.15) is 50.3 Å². The van der Waals surface area contributed by atoms with Gasteiger partial charge in [0.2, 0.25) is 0 Å². The fraction of sp³-hybridized carbons (Fsp3) is 0.609. The lowest BCUT2D eigenvalue weighted by Crippen LogP contribution is -2.66. The highest BCUT2D eigenvalue weighted by atomic mass is 19.1. The van der Waals surface area contributed by atoms with Crippen LogP contribution in [0.15, 0.2) is 35.1 Å². The SMILES string of the molecule is Cc1cc(=O)n(-c2ccc(F)cc2)n1C1CN(C23CC4CC(CC(C4)C2)C3)C1. The summed E-state index contributed by atoms with van der Waals surface area (Å²) in [7, 11) is 0. The fourth-order valence-corrected chi connectivity index (χ4v) is 7.30. The Balaban J connectivity index is 1.28. The zero-order valence-corrected chi connectivity index (χ0v) is 16.5. The molecule has 4 nitrogen and oxygen atoms in total. The Hall–Kier alpha value is -1.88. The second-order valence-corrected chi connectivity index (χ2v) is 9.96. The van der Waals surface area contributed by atoms with Crippen LogP contribution in [0.4, 0.5) is 4.39 Å². The third-order valence-corrected chi connectivity index (χ3v) is 8.07. The monoisotopic (exact) mass is 381 g/mol. The van der Waals surface area contributed by atoms with Crippen molar-refractivity contribution in [1.29, 1.82) is 0 Å². The molecule has 0 N–H and O–H groups in total. The normalized spacial score (nSPS) is 34.7. The molecule has 0 atom stereocenters. The molecule has 0 unspecified atom stereocenters. The molecule has 5 aliphatic rings. The van der Waals surface area contributed by atoms with E-state index < -0.39 is 0 Å². The first kappa shape index (κ1) is 17.0. The molecule has 4 saturated carbocycles. The largest absolute Gasteiger partial charge is 0.293 e. The molecule has 1 aromatic carbocycles. The summed E-state index contributed by atoms with van der Waals surface area (Å²) < 4.78 is 17.2. The van der Waals surface area contributed by atoms with Crippen LogP contribution in [0.3, 0.4) is 0 Å². The molecule has 2 heterocycles. The zero-order valence-electron chi connectivity index (χ0n) is 16.5. The summed E-state index contributed by atoms with van der Waals surface area (Å²) in [6.07, 6.45) is 8.58.